The Morgan fingerprint density at radius 2 is 1.88 bits per heavy atom. The second-order valence-corrected chi connectivity index (χ2v) is 6.18. The zero-order valence-electron chi connectivity index (χ0n) is 13.7. The van der Waals surface area contributed by atoms with E-state index >= 15 is 0 Å². The summed E-state index contributed by atoms with van der Waals surface area (Å²) < 4.78 is 37.8. The quantitative estimate of drug-likeness (QED) is 0.742. The van der Waals surface area contributed by atoms with E-state index in [9.17, 15) is 22.8 Å². The number of halogens is 3. The monoisotopic (exact) mass is 387 g/mol. The smallest absolute Gasteiger partial charge is 0.329 e. The molecule has 0 radical (unpaired) electrons. The molecule has 0 aliphatic carbocycles. The fourth-order valence-electron chi connectivity index (χ4n) is 1.93. The van der Waals surface area contributed by atoms with Crippen LogP contribution in [0.2, 0.25) is 0 Å². The molecule has 2 rings (SSSR count). The van der Waals surface area contributed by atoms with Crippen molar-refractivity contribution < 1.29 is 22.8 Å². The number of carbonyl (C=O) groups excluding carboxylic acids is 2. The summed E-state index contributed by atoms with van der Waals surface area (Å²) in [6, 6.07) is 8.36. The maximum atomic E-state index is 12.0. The van der Waals surface area contributed by atoms with Gasteiger partial charge < -0.3 is 9.88 Å². The molecule has 1 aromatic carbocycles. The Bertz CT molecular complexity index is 764. The van der Waals surface area contributed by atoms with E-state index in [1.54, 1.807) is 16.8 Å². The predicted molar refractivity (Wildman–Crippen MR) is 88.6 cm³/mol. The van der Waals surface area contributed by atoms with Gasteiger partial charge in [0.25, 0.3) is 0 Å². The minimum Gasteiger partial charge on any atom is -0.329 e. The van der Waals surface area contributed by atoms with Gasteiger partial charge in [-0.25, -0.2) is 4.79 Å². The minimum absolute atomic E-state index is 0.188. The Hall–Kier alpha value is -2.56. The molecule has 0 aliphatic rings. The van der Waals surface area contributed by atoms with Crippen molar-refractivity contribution in [2.75, 3.05) is 12.3 Å². The third-order valence-corrected chi connectivity index (χ3v) is 4.09. The maximum Gasteiger partial charge on any atom is 0.405 e. The van der Waals surface area contributed by atoms with E-state index in [0.717, 1.165) is 17.3 Å². The zero-order chi connectivity index (χ0) is 19.2. The fourth-order valence-corrected chi connectivity index (χ4v) is 2.72. The number of carbonyl (C=O) groups is 2. The van der Waals surface area contributed by atoms with Gasteiger partial charge in [0.1, 0.15) is 12.4 Å². The topological polar surface area (TPSA) is 88.9 Å². The van der Waals surface area contributed by atoms with E-state index in [0.29, 0.717) is 17.5 Å². The summed E-state index contributed by atoms with van der Waals surface area (Å²) in [5.41, 5.74) is 1.02. The third kappa shape index (κ3) is 6.39. The van der Waals surface area contributed by atoms with Gasteiger partial charge in [-0.15, -0.1) is 10.2 Å². The molecule has 2 N–H and O–H groups in total. The summed E-state index contributed by atoms with van der Waals surface area (Å²) in [7, 11) is 0. The number of thioether (sulfide) groups is 1. The molecule has 1 heterocycles. The van der Waals surface area contributed by atoms with E-state index in [-0.39, 0.29) is 5.75 Å². The largest absolute Gasteiger partial charge is 0.405 e. The number of urea groups is 1. The third-order valence-electron chi connectivity index (χ3n) is 3.12. The van der Waals surface area contributed by atoms with E-state index in [1.165, 1.54) is 0 Å². The number of amides is 3. The molecule has 0 saturated heterocycles. The number of alkyl halides is 3. The number of imide groups is 1. The van der Waals surface area contributed by atoms with Crippen molar-refractivity contribution in [3.63, 3.8) is 0 Å². The Labute approximate surface area is 151 Å². The Kier molecular flexibility index (Phi) is 6.61. The molecule has 1 aromatic heterocycles. The fraction of sp³-hybridized carbons (Fsp3) is 0.333. The summed E-state index contributed by atoms with van der Waals surface area (Å²) in [4.78, 5) is 22.9. The number of hydrogen-bond acceptors (Lipinski definition) is 5. The highest BCUT2D eigenvalue weighted by atomic mass is 32.2. The van der Waals surface area contributed by atoms with E-state index in [1.807, 2.05) is 35.6 Å². The zero-order valence-corrected chi connectivity index (χ0v) is 14.5. The maximum absolute atomic E-state index is 12.0. The van der Waals surface area contributed by atoms with Crippen LogP contribution in [0.1, 0.15) is 11.4 Å². The van der Waals surface area contributed by atoms with E-state index in [4.69, 9.17) is 0 Å². The molecule has 0 aliphatic heterocycles. The minimum atomic E-state index is -4.54. The first-order valence-corrected chi connectivity index (χ1v) is 8.44. The van der Waals surface area contributed by atoms with E-state index in [2.05, 4.69) is 10.2 Å². The van der Waals surface area contributed by atoms with Crippen LogP contribution >= 0.6 is 11.8 Å². The van der Waals surface area contributed by atoms with Gasteiger partial charge in [-0.3, -0.25) is 10.1 Å². The number of nitrogens with one attached hydrogen (secondary N) is 2. The van der Waals surface area contributed by atoms with Crippen LogP contribution in [0.4, 0.5) is 18.0 Å². The lowest BCUT2D eigenvalue weighted by molar-refractivity contribution is -0.124. The van der Waals surface area contributed by atoms with Crippen molar-refractivity contribution in [2.45, 2.75) is 24.8 Å². The van der Waals surface area contributed by atoms with Gasteiger partial charge in [0.05, 0.1) is 12.3 Å². The summed E-state index contributed by atoms with van der Waals surface area (Å²) in [6.45, 7) is 0.768. The molecule has 3 amide bonds. The molecule has 0 fully saturated rings. The highest BCUT2D eigenvalue weighted by Crippen LogP contribution is 2.18. The molecule has 0 bridgehead atoms. The van der Waals surface area contributed by atoms with Crippen molar-refractivity contribution in [3.05, 3.63) is 41.7 Å². The molecular formula is C15H16F3N5O2S. The number of benzene rings is 1. The van der Waals surface area contributed by atoms with Crippen LogP contribution in [-0.2, 0) is 11.3 Å². The van der Waals surface area contributed by atoms with Crippen molar-refractivity contribution in [2.24, 2.45) is 0 Å². The van der Waals surface area contributed by atoms with Gasteiger partial charge in [0, 0.05) is 0 Å². The van der Waals surface area contributed by atoms with Gasteiger partial charge in [-0.2, -0.15) is 13.2 Å². The van der Waals surface area contributed by atoms with Gasteiger partial charge >= 0.3 is 12.2 Å². The summed E-state index contributed by atoms with van der Waals surface area (Å²) in [5.74, 6) is -0.270. The first kappa shape index (κ1) is 19.8. The van der Waals surface area contributed by atoms with Crippen LogP contribution < -0.4 is 10.6 Å². The molecule has 0 atom stereocenters. The lowest BCUT2D eigenvalue weighted by atomic mass is 10.2. The molecule has 26 heavy (non-hydrogen) atoms. The molecular weight excluding hydrogens is 371 g/mol. The van der Waals surface area contributed by atoms with Crippen LogP contribution in [0.15, 0.2) is 35.5 Å². The summed E-state index contributed by atoms with van der Waals surface area (Å²) in [5, 5.41) is 11.8. The molecule has 0 spiro atoms. The molecule has 2 aromatic rings. The van der Waals surface area contributed by atoms with Crippen LogP contribution in [0.5, 0.6) is 0 Å². The molecule has 0 saturated carbocycles. The Morgan fingerprint density at radius 1 is 1.19 bits per heavy atom. The number of nitrogens with zero attached hydrogens (tertiary/aromatic N) is 3. The summed E-state index contributed by atoms with van der Waals surface area (Å²) >= 11 is 1.04. The van der Waals surface area contributed by atoms with Crippen LogP contribution in [0.3, 0.4) is 0 Å². The van der Waals surface area contributed by atoms with E-state index < -0.39 is 24.7 Å². The standard InChI is InChI=1S/C15H16F3N5O2S/c1-10-21-22-14(23(10)7-11-5-3-2-4-6-11)26-8-12(24)20-13(25)19-9-15(16,17)18/h2-6H,7-9H2,1H3,(H2,19,20,24,25). The highest BCUT2D eigenvalue weighted by Gasteiger charge is 2.28. The van der Waals surface area contributed by atoms with Gasteiger partial charge in [-0.05, 0) is 12.5 Å². The lowest BCUT2D eigenvalue weighted by Crippen LogP contribution is -2.43. The normalized spacial score (nSPS) is 11.2. The van der Waals surface area contributed by atoms with Gasteiger partial charge in [0.2, 0.25) is 5.91 Å². The second-order valence-electron chi connectivity index (χ2n) is 5.24. The summed E-state index contributed by atoms with van der Waals surface area (Å²) in [6.07, 6.45) is -4.54. The number of aromatic nitrogens is 3. The van der Waals surface area contributed by atoms with Crippen molar-refractivity contribution in [1.29, 1.82) is 0 Å². The molecule has 0 unspecified atom stereocenters. The average Bonchev–Trinajstić information content (AvgIpc) is 2.92. The van der Waals surface area contributed by atoms with Crippen LogP contribution in [0, 0.1) is 6.92 Å². The first-order chi connectivity index (χ1) is 12.2. The Morgan fingerprint density at radius 3 is 2.54 bits per heavy atom. The predicted octanol–water partition coefficient (Wildman–Crippen LogP) is 2.12. The molecule has 7 nitrogen and oxygen atoms in total. The second kappa shape index (κ2) is 8.70. The number of rotatable bonds is 6. The van der Waals surface area contributed by atoms with Crippen molar-refractivity contribution in [3.8, 4) is 0 Å². The van der Waals surface area contributed by atoms with Crippen LogP contribution in [0.25, 0.3) is 0 Å². The van der Waals surface area contributed by atoms with Crippen LogP contribution in [-0.4, -0.2) is 45.2 Å². The lowest BCUT2D eigenvalue weighted by Gasteiger charge is -2.10. The number of aryl methyl sites for hydroxylation is 1. The van der Waals surface area contributed by atoms with Gasteiger partial charge in [0.15, 0.2) is 5.16 Å². The molecule has 140 valence electrons. The van der Waals surface area contributed by atoms with Crippen molar-refractivity contribution >= 4 is 23.7 Å². The van der Waals surface area contributed by atoms with Gasteiger partial charge in [-0.1, -0.05) is 42.1 Å². The highest BCUT2D eigenvalue weighted by molar-refractivity contribution is 7.99. The Balaban J connectivity index is 1.87. The number of hydrogen-bond donors (Lipinski definition) is 2. The molecule has 11 heteroatoms. The average molecular weight is 387 g/mol. The first-order valence-electron chi connectivity index (χ1n) is 7.45. The van der Waals surface area contributed by atoms with Crippen molar-refractivity contribution in [1.82, 2.24) is 25.4 Å². The SMILES string of the molecule is Cc1nnc(SCC(=O)NC(=O)NCC(F)(F)F)n1Cc1ccccc1.